The van der Waals surface area contributed by atoms with E-state index in [9.17, 15) is 14.7 Å². The summed E-state index contributed by atoms with van der Waals surface area (Å²) in [4.78, 5) is 27.7. The second-order valence-corrected chi connectivity index (χ2v) is 10.2. The van der Waals surface area contributed by atoms with Crippen LogP contribution in [0.1, 0.15) is 54.7 Å². The van der Waals surface area contributed by atoms with Crippen LogP contribution in [-0.2, 0) is 33.9 Å². The molecule has 0 aromatic heterocycles. The lowest BCUT2D eigenvalue weighted by Crippen LogP contribution is -2.51. The molecule has 1 N–H and O–H groups in total. The Morgan fingerprint density at radius 1 is 1.00 bits per heavy atom. The molecule has 2 atom stereocenters. The molecule has 1 aliphatic rings. The molecule has 1 heterocycles. The van der Waals surface area contributed by atoms with Gasteiger partial charge in [-0.15, -0.1) is 0 Å². The number of aliphatic carboxylic acids is 1. The SMILES string of the molecule is Cc1ccc2c(c1OCc1ccccc1)C[C@@H](C(=O)O)N(C(=O)[C@H](OC(C)(C)C)c1ccccc1)C2. The number of carboxylic acids is 1. The normalized spacial score (nSPS) is 16.2. The number of aryl methyl sites for hydroxylation is 1. The molecule has 0 saturated heterocycles. The van der Waals surface area contributed by atoms with E-state index in [-0.39, 0.29) is 18.9 Å². The van der Waals surface area contributed by atoms with E-state index >= 15 is 0 Å². The maximum Gasteiger partial charge on any atom is 0.326 e. The first-order valence-corrected chi connectivity index (χ1v) is 12.2. The van der Waals surface area contributed by atoms with Crippen molar-refractivity contribution in [3.05, 3.63) is 101 Å². The lowest BCUT2D eigenvalue weighted by atomic mass is 9.90. The molecule has 36 heavy (non-hydrogen) atoms. The molecule has 0 spiro atoms. The molecule has 0 saturated carbocycles. The second kappa shape index (κ2) is 10.5. The Morgan fingerprint density at radius 3 is 2.25 bits per heavy atom. The first-order valence-electron chi connectivity index (χ1n) is 12.2. The Morgan fingerprint density at radius 2 is 1.64 bits per heavy atom. The summed E-state index contributed by atoms with van der Waals surface area (Å²) in [6.45, 7) is 8.16. The summed E-state index contributed by atoms with van der Waals surface area (Å²) in [6.07, 6.45) is -0.743. The van der Waals surface area contributed by atoms with Gasteiger partial charge in [-0.25, -0.2) is 4.79 Å². The minimum Gasteiger partial charge on any atom is -0.488 e. The maximum atomic E-state index is 13.9. The minimum atomic E-state index is -1.05. The standard InChI is InChI=1S/C30H33NO5/c1-20-15-16-23-18-31(28(32)27(36-30(2,3)4)22-13-9-6-10-14-22)25(29(33)34)17-24(23)26(20)35-19-21-11-7-5-8-12-21/h5-16,25,27H,17-19H2,1-4H3,(H,33,34)/t25-,27+/m0/s1. The summed E-state index contributed by atoms with van der Waals surface area (Å²) in [6, 6.07) is 22.0. The summed E-state index contributed by atoms with van der Waals surface area (Å²) in [5.74, 6) is -0.714. The average molecular weight is 488 g/mol. The average Bonchev–Trinajstić information content (AvgIpc) is 2.86. The monoisotopic (exact) mass is 487 g/mol. The fraction of sp³-hybridized carbons (Fsp3) is 0.333. The van der Waals surface area contributed by atoms with E-state index in [4.69, 9.17) is 9.47 Å². The number of fused-ring (bicyclic) bond motifs is 1. The molecule has 0 radical (unpaired) electrons. The minimum absolute atomic E-state index is 0.166. The van der Waals surface area contributed by atoms with Crippen molar-refractivity contribution in [2.24, 2.45) is 0 Å². The molecule has 6 nitrogen and oxygen atoms in total. The number of carbonyl (C=O) groups is 2. The number of carboxylic acid groups (broad SMARTS) is 1. The van der Waals surface area contributed by atoms with Crippen molar-refractivity contribution < 1.29 is 24.2 Å². The van der Waals surface area contributed by atoms with Crippen molar-refractivity contribution in [1.82, 2.24) is 4.90 Å². The topological polar surface area (TPSA) is 76.1 Å². The van der Waals surface area contributed by atoms with Crippen molar-refractivity contribution in [2.75, 3.05) is 0 Å². The summed E-state index contributed by atoms with van der Waals surface area (Å²) in [5.41, 5.74) is 3.79. The van der Waals surface area contributed by atoms with Gasteiger partial charge in [0.15, 0.2) is 6.10 Å². The predicted molar refractivity (Wildman–Crippen MR) is 138 cm³/mol. The molecule has 1 amide bonds. The molecule has 1 aliphatic heterocycles. The zero-order valence-corrected chi connectivity index (χ0v) is 21.2. The van der Waals surface area contributed by atoms with E-state index in [2.05, 4.69) is 0 Å². The van der Waals surface area contributed by atoms with Crippen molar-refractivity contribution in [3.63, 3.8) is 0 Å². The first-order chi connectivity index (χ1) is 17.1. The van der Waals surface area contributed by atoms with Crippen molar-refractivity contribution in [2.45, 2.75) is 65.0 Å². The molecular weight excluding hydrogens is 454 g/mol. The summed E-state index contributed by atoms with van der Waals surface area (Å²) in [5, 5.41) is 10.2. The van der Waals surface area contributed by atoms with E-state index in [1.165, 1.54) is 4.90 Å². The van der Waals surface area contributed by atoms with Crippen molar-refractivity contribution in [3.8, 4) is 5.75 Å². The Bertz CT molecular complexity index is 1220. The molecular formula is C30H33NO5. The van der Waals surface area contributed by atoms with Gasteiger partial charge in [0.2, 0.25) is 0 Å². The molecule has 3 aromatic carbocycles. The fourth-order valence-electron chi connectivity index (χ4n) is 4.53. The molecule has 3 aromatic rings. The van der Waals surface area contributed by atoms with Crippen LogP contribution in [0.5, 0.6) is 5.75 Å². The zero-order valence-electron chi connectivity index (χ0n) is 21.2. The van der Waals surface area contributed by atoms with Gasteiger partial charge in [0.05, 0.1) is 5.60 Å². The van der Waals surface area contributed by atoms with Crippen LogP contribution in [0.2, 0.25) is 0 Å². The molecule has 0 bridgehead atoms. The zero-order chi connectivity index (χ0) is 25.9. The summed E-state index contributed by atoms with van der Waals surface area (Å²) < 4.78 is 12.4. The summed E-state index contributed by atoms with van der Waals surface area (Å²) in [7, 11) is 0. The number of hydrogen-bond acceptors (Lipinski definition) is 4. The van der Waals surface area contributed by atoms with E-state index < -0.39 is 23.7 Å². The van der Waals surface area contributed by atoms with E-state index in [1.54, 1.807) is 0 Å². The van der Waals surface area contributed by atoms with Gasteiger partial charge in [-0.3, -0.25) is 4.79 Å². The highest BCUT2D eigenvalue weighted by Gasteiger charge is 2.40. The van der Waals surface area contributed by atoms with E-state index in [0.717, 1.165) is 22.3 Å². The van der Waals surface area contributed by atoms with Crippen LogP contribution in [0.4, 0.5) is 0 Å². The van der Waals surface area contributed by atoms with Gasteiger partial charge < -0.3 is 19.5 Å². The molecule has 4 rings (SSSR count). The van der Waals surface area contributed by atoms with Crippen LogP contribution in [-0.4, -0.2) is 33.5 Å². The Hall–Kier alpha value is -3.64. The smallest absolute Gasteiger partial charge is 0.326 e. The number of amides is 1. The molecule has 6 heteroatoms. The molecule has 188 valence electrons. The second-order valence-electron chi connectivity index (χ2n) is 10.2. The van der Waals surface area contributed by atoms with E-state index in [1.807, 2.05) is 100 Å². The molecule has 0 unspecified atom stereocenters. The van der Waals surface area contributed by atoms with Gasteiger partial charge in [0.1, 0.15) is 18.4 Å². The quantitative estimate of drug-likeness (QED) is 0.478. The maximum absolute atomic E-state index is 13.9. The number of hydrogen-bond donors (Lipinski definition) is 1. The predicted octanol–water partition coefficient (Wildman–Crippen LogP) is 5.47. The Balaban J connectivity index is 1.67. The fourth-order valence-corrected chi connectivity index (χ4v) is 4.53. The third-order valence-corrected chi connectivity index (χ3v) is 6.26. The van der Waals surface area contributed by atoms with Gasteiger partial charge in [-0.05, 0) is 49.9 Å². The van der Waals surface area contributed by atoms with Gasteiger partial charge in [0.25, 0.3) is 5.91 Å². The van der Waals surface area contributed by atoms with Crippen LogP contribution in [0.15, 0.2) is 72.8 Å². The highest BCUT2D eigenvalue weighted by Crippen LogP contribution is 2.36. The largest absolute Gasteiger partial charge is 0.488 e. The molecule has 0 aliphatic carbocycles. The van der Waals surface area contributed by atoms with Crippen LogP contribution in [0, 0.1) is 6.92 Å². The Labute approximate surface area is 212 Å². The van der Waals surface area contributed by atoms with Crippen LogP contribution >= 0.6 is 0 Å². The third kappa shape index (κ3) is 5.77. The van der Waals surface area contributed by atoms with Crippen molar-refractivity contribution >= 4 is 11.9 Å². The number of carbonyl (C=O) groups excluding carboxylic acids is 1. The van der Waals surface area contributed by atoms with Gasteiger partial charge in [0, 0.05) is 18.5 Å². The lowest BCUT2D eigenvalue weighted by molar-refractivity contribution is -0.164. The number of nitrogens with zero attached hydrogens (tertiary/aromatic N) is 1. The number of benzene rings is 3. The third-order valence-electron chi connectivity index (χ3n) is 6.26. The lowest BCUT2D eigenvalue weighted by Gasteiger charge is -2.38. The first kappa shape index (κ1) is 25.5. The van der Waals surface area contributed by atoms with Crippen LogP contribution in [0.25, 0.3) is 0 Å². The Kier molecular flexibility index (Phi) is 7.45. The highest BCUT2D eigenvalue weighted by molar-refractivity contribution is 5.88. The number of rotatable bonds is 7. The highest BCUT2D eigenvalue weighted by atomic mass is 16.5. The van der Waals surface area contributed by atoms with Gasteiger partial charge >= 0.3 is 5.97 Å². The van der Waals surface area contributed by atoms with E-state index in [0.29, 0.717) is 17.9 Å². The summed E-state index contributed by atoms with van der Waals surface area (Å²) >= 11 is 0. The van der Waals surface area contributed by atoms with Crippen LogP contribution < -0.4 is 4.74 Å². The van der Waals surface area contributed by atoms with Crippen LogP contribution in [0.3, 0.4) is 0 Å². The molecule has 0 fully saturated rings. The van der Waals surface area contributed by atoms with Gasteiger partial charge in [-0.1, -0.05) is 72.8 Å². The van der Waals surface area contributed by atoms with Gasteiger partial charge in [-0.2, -0.15) is 0 Å². The van der Waals surface area contributed by atoms with Crippen molar-refractivity contribution in [1.29, 1.82) is 0 Å². The number of ether oxygens (including phenoxy) is 2.